The lowest BCUT2D eigenvalue weighted by molar-refractivity contribution is 0.602. The molecule has 100 valence electrons. The Hall–Kier alpha value is -1.03. The van der Waals surface area contributed by atoms with Gasteiger partial charge in [-0.25, -0.2) is 4.39 Å². The van der Waals surface area contributed by atoms with Crippen molar-refractivity contribution in [2.24, 2.45) is 0 Å². The summed E-state index contributed by atoms with van der Waals surface area (Å²) in [6, 6.07) is 12.8. The fraction of sp³-hybridized carbons (Fsp3) is 0.200. The lowest BCUT2D eigenvalue weighted by atomic mass is 10.1. The molecule has 1 nitrogen and oxygen atoms in total. The van der Waals surface area contributed by atoms with E-state index in [2.05, 4.69) is 12.2 Å². The van der Waals surface area contributed by atoms with Crippen LogP contribution in [0.25, 0.3) is 0 Å². The van der Waals surface area contributed by atoms with E-state index >= 15 is 0 Å². The van der Waals surface area contributed by atoms with Gasteiger partial charge in [-0.05, 0) is 43.8 Å². The van der Waals surface area contributed by atoms with Crippen LogP contribution in [-0.4, -0.2) is 7.05 Å². The fourth-order valence-electron chi connectivity index (χ4n) is 1.68. The van der Waals surface area contributed by atoms with Crippen LogP contribution in [0.4, 0.5) is 4.39 Å². The second-order valence-electron chi connectivity index (χ2n) is 4.23. The van der Waals surface area contributed by atoms with Crippen molar-refractivity contribution in [2.45, 2.75) is 22.8 Å². The van der Waals surface area contributed by atoms with Crippen molar-refractivity contribution < 1.29 is 4.39 Å². The number of nitrogens with one attached hydrogen (secondary N) is 1. The summed E-state index contributed by atoms with van der Waals surface area (Å²) in [6.07, 6.45) is 0. The van der Waals surface area contributed by atoms with Gasteiger partial charge in [0.2, 0.25) is 0 Å². The van der Waals surface area contributed by atoms with Crippen molar-refractivity contribution >= 4 is 23.4 Å². The lowest BCUT2D eigenvalue weighted by Crippen LogP contribution is -2.12. The molecule has 2 aromatic carbocycles. The molecule has 0 fully saturated rings. The summed E-state index contributed by atoms with van der Waals surface area (Å²) in [5, 5.41) is 3.81. The predicted molar refractivity (Wildman–Crippen MR) is 79.4 cm³/mol. The van der Waals surface area contributed by atoms with Crippen LogP contribution in [0.15, 0.2) is 52.3 Å². The normalized spacial score (nSPS) is 12.4. The summed E-state index contributed by atoms with van der Waals surface area (Å²) >= 11 is 7.60. The molecule has 0 saturated carbocycles. The smallest absolute Gasteiger partial charge is 0.137 e. The number of benzene rings is 2. The molecular formula is C15H15ClFNS. The number of hydrogen-bond acceptors (Lipinski definition) is 2. The highest BCUT2D eigenvalue weighted by Gasteiger charge is 2.09. The number of hydrogen-bond donors (Lipinski definition) is 1. The molecule has 4 heteroatoms. The van der Waals surface area contributed by atoms with Crippen molar-refractivity contribution in [3.05, 3.63) is 58.9 Å². The molecule has 0 aromatic heterocycles. The summed E-state index contributed by atoms with van der Waals surface area (Å²) < 4.78 is 13.6. The number of rotatable bonds is 4. The summed E-state index contributed by atoms with van der Waals surface area (Å²) in [4.78, 5) is 1.44. The molecule has 0 aliphatic rings. The van der Waals surface area contributed by atoms with E-state index in [9.17, 15) is 4.39 Å². The molecule has 0 spiro atoms. The van der Waals surface area contributed by atoms with Gasteiger partial charge in [0.1, 0.15) is 5.82 Å². The summed E-state index contributed by atoms with van der Waals surface area (Å²) in [5.41, 5.74) is 1.12. The zero-order valence-corrected chi connectivity index (χ0v) is 12.4. The van der Waals surface area contributed by atoms with Gasteiger partial charge in [0, 0.05) is 15.8 Å². The highest BCUT2D eigenvalue weighted by Crippen LogP contribution is 2.35. The highest BCUT2D eigenvalue weighted by molar-refractivity contribution is 7.99. The van der Waals surface area contributed by atoms with E-state index in [1.54, 1.807) is 12.1 Å². The largest absolute Gasteiger partial charge is 0.313 e. The first-order valence-corrected chi connectivity index (χ1v) is 7.20. The van der Waals surface area contributed by atoms with Crippen molar-refractivity contribution in [1.29, 1.82) is 0 Å². The van der Waals surface area contributed by atoms with Crippen LogP contribution < -0.4 is 5.32 Å². The SMILES string of the molecule is CNC(C)c1ccc(Sc2ccccc2F)c(Cl)c1. The van der Waals surface area contributed by atoms with Gasteiger partial charge in [-0.1, -0.05) is 41.6 Å². The van der Waals surface area contributed by atoms with Gasteiger partial charge in [-0.2, -0.15) is 0 Å². The Balaban J connectivity index is 2.25. The maximum absolute atomic E-state index is 13.6. The van der Waals surface area contributed by atoms with Crippen molar-refractivity contribution in [2.75, 3.05) is 7.05 Å². The van der Waals surface area contributed by atoms with Crippen LogP contribution in [-0.2, 0) is 0 Å². The monoisotopic (exact) mass is 295 g/mol. The summed E-state index contributed by atoms with van der Waals surface area (Å²) in [6.45, 7) is 2.06. The molecule has 0 bridgehead atoms. The van der Waals surface area contributed by atoms with Crippen molar-refractivity contribution in [3.8, 4) is 0 Å². The van der Waals surface area contributed by atoms with Crippen LogP contribution in [0.1, 0.15) is 18.5 Å². The molecule has 0 aliphatic carbocycles. The molecule has 2 aromatic rings. The van der Waals surface area contributed by atoms with E-state index < -0.39 is 0 Å². The number of halogens is 2. The molecule has 0 radical (unpaired) electrons. The Bertz CT molecular complexity index is 574. The zero-order chi connectivity index (χ0) is 13.8. The Morgan fingerprint density at radius 3 is 2.53 bits per heavy atom. The second kappa shape index (κ2) is 6.42. The first-order valence-electron chi connectivity index (χ1n) is 6.01. The molecule has 1 unspecified atom stereocenters. The first-order chi connectivity index (χ1) is 9.11. The van der Waals surface area contributed by atoms with Gasteiger partial charge in [-0.15, -0.1) is 0 Å². The predicted octanol–water partition coefficient (Wildman–Crippen LogP) is 4.91. The third-order valence-corrected chi connectivity index (χ3v) is 4.50. The molecule has 2 rings (SSSR count). The molecule has 1 atom stereocenters. The van der Waals surface area contributed by atoms with Gasteiger partial charge < -0.3 is 5.32 Å². The lowest BCUT2D eigenvalue weighted by Gasteiger charge is -2.12. The minimum Gasteiger partial charge on any atom is -0.313 e. The minimum absolute atomic E-state index is 0.226. The van der Waals surface area contributed by atoms with Crippen LogP contribution in [0.5, 0.6) is 0 Å². The van der Waals surface area contributed by atoms with E-state index in [4.69, 9.17) is 11.6 Å². The van der Waals surface area contributed by atoms with Crippen LogP contribution in [0, 0.1) is 5.82 Å². The average molecular weight is 296 g/mol. The van der Waals surface area contributed by atoms with Gasteiger partial charge in [-0.3, -0.25) is 0 Å². The Labute approximate surface area is 122 Å². The summed E-state index contributed by atoms with van der Waals surface area (Å²) in [7, 11) is 1.90. The Morgan fingerprint density at radius 2 is 1.89 bits per heavy atom. The maximum Gasteiger partial charge on any atom is 0.137 e. The minimum atomic E-state index is -0.226. The van der Waals surface area contributed by atoms with E-state index in [-0.39, 0.29) is 11.9 Å². The molecule has 0 heterocycles. The van der Waals surface area contributed by atoms with Crippen LogP contribution >= 0.6 is 23.4 Å². The first kappa shape index (κ1) is 14.4. The van der Waals surface area contributed by atoms with Crippen molar-refractivity contribution in [3.63, 3.8) is 0 Å². The molecule has 0 aliphatic heterocycles. The molecule has 0 amide bonds. The molecule has 0 saturated heterocycles. The van der Waals surface area contributed by atoms with Crippen LogP contribution in [0.2, 0.25) is 5.02 Å². The van der Waals surface area contributed by atoms with Gasteiger partial charge >= 0.3 is 0 Å². The Kier molecular flexibility index (Phi) is 4.86. The molecule has 1 N–H and O–H groups in total. The van der Waals surface area contributed by atoms with Crippen LogP contribution in [0.3, 0.4) is 0 Å². The third kappa shape index (κ3) is 3.50. The molecular weight excluding hydrogens is 281 g/mol. The average Bonchev–Trinajstić information content (AvgIpc) is 2.42. The Morgan fingerprint density at radius 1 is 1.16 bits per heavy atom. The second-order valence-corrected chi connectivity index (χ2v) is 5.72. The van der Waals surface area contributed by atoms with Crippen molar-refractivity contribution in [1.82, 2.24) is 5.32 Å². The summed E-state index contributed by atoms with van der Waals surface area (Å²) in [5.74, 6) is -0.226. The topological polar surface area (TPSA) is 12.0 Å². The molecule has 19 heavy (non-hydrogen) atoms. The van der Waals surface area contributed by atoms with E-state index in [1.165, 1.54) is 17.8 Å². The third-order valence-electron chi connectivity index (χ3n) is 2.95. The maximum atomic E-state index is 13.6. The van der Waals surface area contributed by atoms with Gasteiger partial charge in [0.25, 0.3) is 0 Å². The fourth-order valence-corrected chi connectivity index (χ4v) is 2.83. The zero-order valence-electron chi connectivity index (χ0n) is 10.8. The highest BCUT2D eigenvalue weighted by atomic mass is 35.5. The van der Waals surface area contributed by atoms with Gasteiger partial charge in [0.15, 0.2) is 0 Å². The quantitative estimate of drug-likeness (QED) is 0.860. The van der Waals surface area contributed by atoms with E-state index in [1.807, 2.05) is 31.3 Å². The van der Waals surface area contributed by atoms with E-state index in [0.717, 1.165) is 10.5 Å². The van der Waals surface area contributed by atoms with Gasteiger partial charge in [0.05, 0.1) is 5.02 Å². The standard InChI is InChI=1S/C15H15ClFNS/c1-10(18-2)11-7-8-14(12(16)9-11)19-15-6-4-3-5-13(15)17/h3-10,18H,1-2H3. The van der Waals surface area contributed by atoms with E-state index in [0.29, 0.717) is 9.92 Å².